The number of alkyl halides is 2. The maximum absolute atomic E-state index is 13.1. The number of imidazole rings is 1. The van der Waals surface area contributed by atoms with Crippen molar-refractivity contribution in [2.45, 2.75) is 43.3 Å². The first kappa shape index (κ1) is 19.1. The highest BCUT2D eigenvalue weighted by molar-refractivity contribution is 7.98. The third kappa shape index (κ3) is 4.25. The van der Waals surface area contributed by atoms with Crippen LogP contribution in [0.5, 0.6) is 0 Å². The van der Waals surface area contributed by atoms with Crippen LogP contribution in [-0.4, -0.2) is 42.3 Å². The molecule has 9 heteroatoms. The summed E-state index contributed by atoms with van der Waals surface area (Å²) in [6.07, 6.45) is 6.38. The summed E-state index contributed by atoms with van der Waals surface area (Å²) in [4.78, 5) is 6.45. The van der Waals surface area contributed by atoms with Crippen molar-refractivity contribution in [2.75, 3.05) is 13.1 Å². The molecule has 148 valence electrons. The Morgan fingerprint density at radius 3 is 2.54 bits per heavy atom. The summed E-state index contributed by atoms with van der Waals surface area (Å²) in [5, 5.41) is 9.46. The van der Waals surface area contributed by atoms with Crippen LogP contribution in [0.15, 0.2) is 47.9 Å². The molecular weight excluding hydrogens is 382 g/mol. The molecule has 0 amide bonds. The molecule has 1 aliphatic rings. The van der Waals surface area contributed by atoms with E-state index in [9.17, 15) is 8.78 Å². The Kier molecular flexibility index (Phi) is 6.01. The van der Waals surface area contributed by atoms with E-state index in [2.05, 4.69) is 20.1 Å². The molecule has 28 heavy (non-hydrogen) atoms. The van der Waals surface area contributed by atoms with Crippen molar-refractivity contribution in [1.82, 2.24) is 29.2 Å². The molecule has 1 fully saturated rings. The summed E-state index contributed by atoms with van der Waals surface area (Å²) >= 11 is 1.37. The quantitative estimate of drug-likeness (QED) is 0.554. The number of piperidine rings is 1. The van der Waals surface area contributed by atoms with Crippen LogP contribution in [0.25, 0.3) is 5.69 Å². The second kappa shape index (κ2) is 8.83. The summed E-state index contributed by atoms with van der Waals surface area (Å²) < 4.78 is 29.0. The van der Waals surface area contributed by atoms with Crippen LogP contribution < -0.4 is 0 Å². The van der Waals surface area contributed by atoms with E-state index in [1.165, 1.54) is 43.4 Å². The van der Waals surface area contributed by atoms with Gasteiger partial charge < -0.3 is 0 Å². The Balaban J connectivity index is 1.58. The lowest BCUT2D eigenvalue weighted by Crippen LogP contribution is -2.30. The zero-order chi connectivity index (χ0) is 19.3. The van der Waals surface area contributed by atoms with Crippen LogP contribution in [0.1, 0.15) is 37.5 Å². The number of aromatic nitrogens is 5. The second-order valence-electron chi connectivity index (χ2n) is 6.72. The third-order valence-corrected chi connectivity index (χ3v) is 5.74. The molecule has 0 N–H and O–H groups in total. The van der Waals surface area contributed by atoms with Crippen molar-refractivity contribution >= 4 is 11.8 Å². The Labute approximate surface area is 166 Å². The van der Waals surface area contributed by atoms with E-state index >= 15 is 0 Å². The topological polar surface area (TPSA) is 51.8 Å². The lowest BCUT2D eigenvalue weighted by atomic mass is 10.1. The van der Waals surface area contributed by atoms with Crippen molar-refractivity contribution in [3.8, 4) is 5.69 Å². The van der Waals surface area contributed by atoms with Crippen LogP contribution in [0.3, 0.4) is 0 Å². The Morgan fingerprint density at radius 1 is 1.00 bits per heavy atom. The molecule has 1 saturated heterocycles. The molecule has 3 aromatic rings. The van der Waals surface area contributed by atoms with Gasteiger partial charge in [0.2, 0.25) is 0 Å². The van der Waals surface area contributed by atoms with Gasteiger partial charge in [-0.15, -0.1) is 10.2 Å². The van der Waals surface area contributed by atoms with Crippen molar-refractivity contribution in [3.63, 3.8) is 0 Å². The van der Waals surface area contributed by atoms with Crippen LogP contribution in [0.2, 0.25) is 0 Å². The Hall–Kier alpha value is -2.26. The number of rotatable bonds is 7. The number of likely N-dealkylation sites (tertiary alicyclic amines) is 1. The van der Waals surface area contributed by atoms with Crippen molar-refractivity contribution in [1.29, 1.82) is 0 Å². The average Bonchev–Trinajstić information content (AvgIpc) is 3.35. The zero-order valence-corrected chi connectivity index (χ0v) is 16.2. The van der Waals surface area contributed by atoms with E-state index in [-0.39, 0.29) is 0 Å². The lowest BCUT2D eigenvalue weighted by molar-refractivity contribution is 0.0678. The van der Waals surface area contributed by atoms with Crippen LogP contribution in [0, 0.1) is 0 Å². The number of nitrogens with zero attached hydrogens (tertiary/aromatic N) is 6. The molecule has 6 nitrogen and oxygen atoms in total. The van der Waals surface area contributed by atoms with Crippen LogP contribution in [-0.2, 0) is 12.3 Å². The fourth-order valence-electron chi connectivity index (χ4n) is 3.41. The molecule has 1 aromatic carbocycles. The standard InChI is InChI=1S/C19H22F2N6S/c20-18(21)26-12-9-22-17(26)14-28-19-24-23-16(13-25-10-5-2-6-11-25)27(19)15-7-3-1-4-8-15/h1,3-4,7-9,12,18H,2,5-6,10-11,13-14H2. The van der Waals surface area contributed by atoms with Crippen molar-refractivity contribution in [2.24, 2.45) is 0 Å². The molecular formula is C19H22F2N6S. The summed E-state index contributed by atoms with van der Waals surface area (Å²) in [6.45, 7) is 0.264. The number of benzene rings is 1. The third-order valence-electron chi connectivity index (χ3n) is 4.82. The minimum Gasteiger partial charge on any atom is -0.296 e. The summed E-state index contributed by atoms with van der Waals surface area (Å²) in [5.74, 6) is 1.49. The van der Waals surface area contributed by atoms with Crippen molar-refractivity contribution < 1.29 is 8.78 Å². The fraction of sp³-hybridized carbons (Fsp3) is 0.421. The normalized spacial score (nSPS) is 15.4. The summed E-state index contributed by atoms with van der Waals surface area (Å²) in [7, 11) is 0. The monoisotopic (exact) mass is 404 g/mol. The predicted molar refractivity (Wildman–Crippen MR) is 104 cm³/mol. The fourth-order valence-corrected chi connectivity index (χ4v) is 4.33. The number of para-hydroxylation sites is 1. The van der Waals surface area contributed by atoms with E-state index in [1.54, 1.807) is 0 Å². The SMILES string of the molecule is FC(F)n1ccnc1CSc1nnc(CN2CCCCC2)n1-c1ccccc1. The minimum absolute atomic E-state index is 0.298. The van der Waals surface area contributed by atoms with Gasteiger partial charge in [-0.05, 0) is 38.1 Å². The molecule has 4 rings (SSSR count). The van der Waals surface area contributed by atoms with Gasteiger partial charge in [-0.1, -0.05) is 36.4 Å². The maximum Gasteiger partial charge on any atom is 0.319 e. The summed E-state index contributed by atoms with van der Waals surface area (Å²) in [6, 6.07) is 9.92. The largest absolute Gasteiger partial charge is 0.319 e. The molecule has 0 bridgehead atoms. The van der Waals surface area contributed by atoms with Crippen LogP contribution >= 0.6 is 11.8 Å². The molecule has 0 unspecified atom stereocenters. The van der Waals surface area contributed by atoms with Gasteiger partial charge in [0, 0.05) is 18.1 Å². The molecule has 0 radical (unpaired) electrons. The Bertz CT molecular complexity index is 889. The first-order chi connectivity index (χ1) is 13.7. The van der Waals surface area contributed by atoms with Gasteiger partial charge in [-0.2, -0.15) is 8.78 Å². The van der Waals surface area contributed by atoms with E-state index in [0.717, 1.165) is 35.7 Å². The van der Waals surface area contributed by atoms with E-state index < -0.39 is 6.55 Å². The molecule has 0 saturated carbocycles. The number of thioether (sulfide) groups is 1. The zero-order valence-electron chi connectivity index (χ0n) is 15.4. The maximum atomic E-state index is 13.1. The minimum atomic E-state index is -2.60. The van der Waals surface area contributed by atoms with E-state index in [4.69, 9.17) is 0 Å². The molecule has 1 aliphatic heterocycles. The molecule has 0 aliphatic carbocycles. The van der Waals surface area contributed by atoms with Gasteiger partial charge in [0.15, 0.2) is 11.0 Å². The number of hydrogen-bond acceptors (Lipinski definition) is 5. The molecule has 0 atom stereocenters. The van der Waals surface area contributed by atoms with Gasteiger partial charge in [0.05, 0.1) is 12.3 Å². The second-order valence-corrected chi connectivity index (χ2v) is 7.67. The van der Waals surface area contributed by atoms with Gasteiger partial charge in [0.25, 0.3) is 0 Å². The first-order valence-corrected chi connectivity index (χ1v) is 10.4. The smallest absolute Gasteiger partial charge is 0.296 e. The molecule has 0 spiro atoms. The predicted octanol–water partition coefficient (Wildman–Crippen LogP) is 4.14. The average molecular weight is 404 g/mol. The van der Waals surface area contributed by atoms with Gasteiger partial charge in [-0.25, -0.2) is 4.98 Å². The van der Waals surface area contributed by atoms with Gasteiger partial charge in [-0.3, -0.25) is 14.0 Å². The molecule has 2 aromatic heterocycles. The highest BCUT2D eigenvalue weighted by Crippen LogP contribution is 2.27. The van der Waals surface area contributed by atoms with Crippen LogP contribution in [0.4, 0.5) is 8.78 Å². The Morgan fingerprint density at radius 2 is 1.79 bits per heavy atom. The first-order valence-electron chi connectivity index (χ1n) is 9.37. The number of hydrogen-bond donors (Lipinski definition) is 0. The lowest BCUT2D eigenvalue weighted by Gasteiger charge is -2.26. The molecule has 3 heterocycles. The highest BCUT2D eigenvalue weighted by Gasteiger charge is 2.20. The van der Waals surface area contributed by atoms with Gasteiger partial charge >= 0.3 is 6.55 Å². The van der Waals surface area contributed by atoms with E-state index in [0.29, 0.717) is 16.7 Å². The highest BCUT2D eigenvalue weighted by atomic mass is 32.2. The summed E-state index contributed by atoms with van der Waals surface area (Å²) in [5.41, 5.74) is 0.971. The van der Waals surface area contributed by atoms with Gasteiger partial charge in [0.1, 0.15) is 5.82 Å². The number of halogens is 2. The van der Waals surface area contributed by atoms with Crippen molar-refractivity contribution in [3.05, 3.63) is 54.4 Å². The van der Waals surface area contributed by atoms with E-state index in [1.807, 2.05) is 34.9 Å².